The minimum atomic E-state index is -0.246. The number of ether oxygens (including phenoxy) is 1. The molecule has 0 spiro atoms. The minimum absolute atomic E-state index is 0.00169. The zero-order chi connectivity index (χ0) is 19.1. The van der Waals surface area contributed by atoms with Gasteiger partial charge in [0.2, 0.25) is 5.91 Å². The predicted octanol–water partition coefficient (Wildman–Crippen LogP) is 1.71. The molecule has 1 aliphatic heterocycles. The first-order valence-corrected chi connectivity index (χ1v) is 9.11. The molecule has 27 heavy (non-hydrogen) atoms. The van der Waals surface area contributed by atoms with E-state index in [1.807, 2.05) is 12.1 Å². The summed E-state index contributed by atoms with van der Waals surface area (Å²) in [7, 11) is 0. The summed E-state index contributed by atoms with van der Waals surface area (Å²) in [6, 6.07) is 5.30. The summed E-state index contributed by atoms with van der Waals surface area (Å²) in [5.41, 5.74) is 1.23. The van der Waals surface area contributed by atoms with E-state index in [0.717, 1.165) is 18.4 Å². The molecular weight excluding hydrogens is 348 g/mol. The van der Waals surface area contributed by atoms with Crippen LogP contribution in [0.5, 0.6) is 0 Å². The number of rotatable bonds is 8. The Morgan fingerprint density at radius 3 is 2.81 bits per heavy atom. The lowest BCUT2D eigenvalue weighted by Crippen LogP contribution is -2.40. The Labute approximate surface area is 157 Å². The van der Waals surface area contributed by atoms with Crippen molar-refractivity contribution in [2.45, 2.75) is 38.8 Å². The first-order chi connectivity index (χ1) is 13.1. The van der Waals surface area contributed by atoms with Crippen molar-refractivity contribution in [3.05, 3.63) is 47.6 Å². The second-order valence-corrected chi connectivity index (χ2v) is 6.59. The van der Waals surface area contributed by atoms with Crippen molar-refractivity contribution < 1.29 is 18.8 Å². The summed E-state index contributed by atoms with van der Waals surface area (Å²) in [5, 5.41) is 6.66. The Morgan fingerprint density at radius 2 is 2.15 bits per heavy atom. The van der Waals surface area contributed by atoms with Gasteiger partial charge < -0.3 is 19.5 Å². The van der Waals surface area contributed by atoms with E-state index in [9.17, 15) is 9.59 Å². The predicted molar refractivity (Wildman–Crippen MR) is 96.8 cm³/mol. The highest BCUT2D eigenvalue weighted by Gasteiger charge is 2.25. The number of nitrogens with zero attached hydrogens (tertiary/aromatic N) is 3. The first kappa shape index (κ1) is 19.0. The van der Waals surface area contributed by atoms with Crippen LogP contribution < -0.4 is 5.32 Å². The molecule has 1 aliphatic rings. The monoisotopic (exact) mass is 372 g/mol. The molecule has 3 rings (SSSR count). The van der Waals surface area contributed by atoms with Crippen LogP contribution in [0.15, 0.2) is 35.1 Å². The van der Waals surface area contributed by atoms with E-state index in [0.29, 0.717) is 32.0 Å². The van der Waals surface area contributed by atoms with E-state index in [-0.39, 0.29) is 30.0 Å². The van der Waals surface area contributed by atoms with Crippen LogP contribution in [-0.2, 0) is 16.1 Å². The zero-order valence-electron chi connectivity index (χ0n) is 15.4. The van der Waals surface area contributed by atoms with E-state index in [4.69, 9.17) is 9.26 Å². The van der Waals surface area contributed by atoms with E-state index >= 15 is 0 Å². The van der Waals surface area contributed by atoms with Crippen molar-refractivity contribution in [1.29, 1.82) is 0 Å². The van der Waals surface area contributed by atoms with Crippen LogP contribution in [0.1, 0.15) is 41.1 Å². The van der Waals surface area contributed by atoms with Gasteiger partial charge in [-0.15, -0.1) is 0 Å². The maximum atomic E-state index is 12.7. The van der Waals surface area contributed by atoms with E-state index in [1.54, 1.807) is 30.3 Å². The Bertz CT molecular complexity index is 756. The van der Waals surface area contributed by atoms with E-state index in [1.165, 1.54) is 0 Å². The molecule has 144 valence electrons. The van der Waals surface area contributed by atoms with Gasteiger partial charge in [0.25, 0.3) is 5.91 Å². The smallest absolute Gasteiger partial charge is 0.276 e. The van der Waals surface area contributed by atoms with Gasteiger partial charge in [-0.05, 0) is 37.5 Å². The summed E-state index contributed by atoms with van der Waals surface area (Å²) < 4.78 is 10.6. The third-order valence-electron chi connectivity index (χ3n) is 4.43. The number of carbonyl (C=O) groups is 2. The number of nitrogens with one attached hydrogen (secondary N) is 1. The second-order valence-electron chi connectivity index (χ2n) is 6.59. The van der Waals surface area contributed by atoms with Crippen LogP contribution in [0.2, 0.25) is 0 Å². The Morgan fingerprint density at radius 1 is 1.33 bits per heavy atom. The van der Waals surface area contributed by atoms with Gasteiger partial charge in [0.15, 0.2) is 5.69 Å². The quantitative estimate of drug-likeness (QED) is 0.757. The van der Waals surface area contributed by atoms with Crippen LogP contribution in [0, 0.1) is 6.92 Å². The molecule has 0 aliphatic carbocycles. The highest BCUT2D eigenvalue weighted by atomic mass is 16.5. The number of aromatic nitrogens is 2. The standard InChI is InChI=1S/C19H24N4O4/c1-14-11-17(22-27-14)19(25)23(13-16-3-2-10-26-16)9-6-18(24)21-12-15-4-7-20-8-5-15/h4-5,7-8,11,16H,2-3,6,9-10,12-13H2,1H3,(H,21,24). The van der Waals surface area contributed by atoms with Gasteiger partial charge in [-0.25, -0.2) is 0 Å². The number of hydrogen-bond acceptors (Lipinski definition) is 6. The number of pyridine rings is 1. The Balaban J connectivity index is 1.55. The van der Waals surface area contributed by atoms with Crippen LogP contribution >= 0.6 is 0 Å². The molecule has 0 saturated carbocycles. The lowest BCUT2D eigenvalue weighted by Gasteiger charge is -2.24. The molecule has 2 aromatic rings. The van der Waals surface area contributed by atoms with Crippen molar-refractivity contribution >= 4 is 11.8 Å². The maximum absolute atomic E-state index is 12.7. The Hall–Kier alpha value is -2.74. The first-order valence-electron chi connectivity index (χ1n) is 9.11. The highest BCUT2D eigenvalue weighted by Crippen LogP contribution is 2.15. The van der Waals surface area contributed by atoms with Gasteiger partial charge in [-0.2, -0.15) is 0 Å². The third-order valence-corrected chi connectivity index (χ3v) is 4.43. The summed E-state index contributed by atoms with van der Waals surface area (Å²) >= 11 is 0. The van der Waals surface area contributed by atoms with Gasteiger partial charge in [0, 0.05) is 51.1 Å². The van der Waals surface area contributed by atoms with Crippen molar-refractivity contribution in [1.82, 2.24) is 20.4 Å². The largest absolute Gasteiger partial charge is 0.376 e. The molecule has 1 N–H and O–H groups in total. The van der Waals surface area contributed by atoms with Gasteiger partial charge in [-0.3, -0.25) is 14.6 Å². The maximum Gasteiger partial charge on any atom is 0.276 e. The molecule has 1 unspecified atom stereocenters. The zero-order valence-corrected chi connectivity index (χ0v) is 15.4. The highest BCUT2D eigenvalue weighted by molar-refractivity contribution is 5.92. The molecule has 1 saturated heterocycles. The molecular formula is C19H24N4O4. The fourth-order valence-electron chi connectivity index (χ4n) is 2.97. The van der Waals surface area contributed by atoms with E-state index in [2.05, 4.69) is 15.5 Å². The topological polar surface area (TPSA) is 97.6 Å². The average Bonchev–Trinajstić information content (AvgIpc) is 3.35. The van der Waals surface area contributed by atoms with Crippen molar-refractivity contribution in [2.24, 2.45) is 0 Å². The Kier molecular flexibility index (Phi) is 6.54. The van der Waals surface area contributed by atoms with Crippen LogP contribution in [0.25, 0.3) is 0 Å². The number of aryl methyl sites for hydroxylation is 1. The van der Waals surface area contributed by atoms with Gasteiger partial charge in [0.05, 0.1) is 6.10 Å². The fourth-order valence-corrected chi connectivity index (χ4v) is 2.97. The molecule has 0 radical (unpaired) electrons. The second kappa shape index (κ2) is 9.27. The number of amides is 2. The van der Waals surface area contributed by atoms with Crippen molar-refractivity contribution in [2.75, 3.05) is 19.7 Å². The summed E-state index contributed by atoms with van der Waals surface area (Å²) in [6.45, 7) is 3.63. The summed E-state index contributed by atoms with van der Waals surface area (Å²) in [5.74, 6) is 0.211. The van der Waals surface area contributed by atoms with Crippen LogP contribution in [0.3, 0.4) is 0 Å². The molecule has 1 atom stereocenters. The van der Waals surface area contributed by atoms with Crippen LogP contribution in [0.4, 0.5) is 0 Å². The van der Waals surface area contributed by atoms with E-state index < -0.39 is 0 Å². The molecule has 8 heteroatoms. The number of hydrogen-bond donors (Lipinski definition) is 1. The molecule has 0 aromatic carbocycles. The summed E-state index contributed by atoms with van der Waals surface area (Å²) in [6.07, 6.45) is 5.48. The van der Waals surface area contributed by atoms with Crippen molar-refractivity contribution in [3.8, 4) is 0 Å². The van der Waals surface area contributed by atoms with Gasteiger partial charge >= 0.3 is 0 Å². The summed E-state index contributed by atoms with van der Waals surface area (Å²) in [4.78, 5) is 30.5. The molecule has 8 nitrogen and oxygen atoms in total. The third kappa shape index (κ3) is 5.62. The SMILES string of the molecule is Cc1cc(C(=O)N(CCC(=O)NCc2ccncc2)CC2CCCO2)no1. The molecule has 0 bridgehead atoms. The average molecular weight is 372 g/mol. The van der Waals surface area contributed by atoms with Gasteiger partial charge in [-0.1, -0.05) is 5.16 Å². The molecule has 2 amide bonds. The molecule has 2 aromatic heterocycles. The lowest BCUT2D eigenvalue weighted by molar-refractivity contribution is -0.121. The fraction of sp³-hybridized carbons (Fsp3) is 0.474. The van der Waals surface area contributed by atoms with Gasteiger partial charge in [0.1, 0.15) is 5.76 Å². The van der Waals surface area contributed by atoms with Crippen molar-refractivity contribution in [3.63, 3.8) is 0 Å². The normalized spacial score (nSPS) is 16.3. The molecule has 3 heterocycles. The lowest BCUT2D eigenvalue weighted by atomic mass is 10.2. The number of carbonyl (C=O) groups excluding carboxylic acids is 2. The molecule has 1 fully saturated rings. The minimum Gasteiger partial charge on any atom is -0.376 e. The van der Waals surface area contributed by atoms with Crippen LogP contribution in [-0.4, -0.2) is 52.7 Å².